The highest BCUT2D eigenvalue weighted by Crippen LogP contribution is 1.92. The molecule has 0 aromatic carbocycles. The Hall–Kier alpha value is -0.200. The second-order valence-electron chi connectivity index (χ2n) is 4.91. The summed E-state index contributed by atoms with van der Waals surface area (Å²) in [6, 6.07) is 0. The first-order valence-corrected chi connectivity index (χ1v) is 7.33. The van der Waals surface area contributed by atoms with Gasteiger partial charge in [-0.1, -0.05) is 6.92 Å². The molecule has 2 aliphatic rings. The molecule has 5 nitrogen and oxygen atoms in total. The fourth-order valence-electron chi connectivity index (χ4n) is 2.33. The van der Waals surface area contributed by atoms with Crippen LogP contribution in [0.4, 0.5) is 0 Å². The topological polar surface area (TPSA) is 50.8 Å². The molecular formula is C13H30N4O. The second kappa shape index (κ2) is 10.7. The van der Waals surface area contributed by atoms with Crippen LogP contribution >= 0.6 is 0 Å². The summed E-state index contributed by atoms with van der Waals surface area (Å²) in [5.74, 6) is 0. The Bertz CT molecular complexity index is 154. The molecule has 2 heterocycles. The van der Waals surface area contributed by atoms with E-state index in [0.717, 1.165) is 32.7 Å². The lowest BCUT2D eigenvalue weighted by atomic mass is 10.3. The lowest BCUT2D eigenvalue weighted by molar-refractivity contribution is 0.180. The van der Waals surface area contributed by atoms with E-state index in [1.165, 1.54) is 39.1 Å². The summed E-state index contributed by atoms with van der Waals surface area (Å²) in [6.45, 7) is 13.8. The first-order chi connectivity index (χ1) is 8.86. The molecule has 0 aromatic rings. The van der Waals surface area contributed by atoms with E-state index < -0.39 is 0 Å². The number of nitrogens with one attached hydrogen (secondary N) is 2. The van der Waals surface area contributed by atoms with Crippen LogP contribution in [0, 0.1) is 0 Å². The predicted molar refractivity (Wildman–Crippen MR) is 76.0 cm³/mol. The number of aliphatic hydroxyl groups excluding tert-OH is 1. The average Bonchev–Trinajstić information content (AvgIpc) is 2.43. The third-order valence-corrected chi connectivity index (χ3v) is 3.38. The first kappa shape index (κ1) is 15.9. The van der Waals surface area contributed by atoms with Crippen LogP contribution in [0.1, 0.15) is 13.3 Å². The minimum atomic E-state index is 0.292. The van der Waals surface area contributed by atoms with Crippen LogP contribution in [0.15, 0.2) is 0 Å². The van der Waals surface area contributed by atoms with Crippen molar-refractivity contribution < 1.29 is 5.11 Å². The molecule has 2 aliphatic heterocycles. The first-order valence-electron chi connectivity index (χ1n) is 7.33. The number of hydrogen-bond acceptors (Lipinski definition) is 5. The van der Waals surface area contributed by atoms with Gasteiger partial charge in [0.25, 0.3) is 0 Å². The molecule has 2 fully saturated rings. The SMILES string of the molecule is CCCN1CCNCC1.OCCN1CCNCC1. The monoisotopic (exact) mass is 258 g/mol. The van der Waals surface area contributed by atoms with E-state index in [-0.39, 0.29) is 0 Å². The molecule has 2 saturated heterocycles. The number of β-amino-alcohol motifs (C(OH)–C–C–N with tert-alkyl or cyclic N) is 1. The van der Waals surface area contributed by atoms with Crippen LogP contribution in [-0.4, -0.2) is 87.0 Å². The Morgan fingerprint density at radius 2 is 1.28 bits per heavy atom. The van der Waals surface area contributed by atoms with Crippen molar-refractivity contribution in [3.63, 3.8) is 0 Å². The van der Waals surface area contributed by atoms with Gasteiger partial charge >= 0.3 is 0 Å². The van der Waals surface area contributed by atoms with E-state index in [2.05, 4.69) is 27.4 Å². The highest BCUT2D eigenvalue weighted by atomic mass is 16.3. The number of piperazine rings is 2. The summed E-state index contributed by atoms with van der Waals surface area (Å²) in [6.07, 6.45) is 1.29. The number of aliphatic hydroxyl groups is 1. The molecule has 0 unspecified atom stereocenters. The van der Waals surface area contributed by atoms with E-state index in [1.807, 2.05) is 0 Å². The third kappa shape index (κ3) is 7.28. The van der Waals surface area contributed by atoms with Gasteiger partial charge in [0.05, 0.1) is 6.61 Å². The summed E-state index contributed by atoms with van der Waals surface area (Å²) in [5.41, 5.74) is 0. The van der Waals surface area contributed by atoms with Crippen molar-refractivity contribution in [1.82, 2.24) is 20.4 Å². The Balaban J connectivity index is 0.000000180. The molecule has 5 heteroatoms. The molecule has 108 valence electrons. The quantitative estimate of drug-likeness (QED) is 0.615. The van der Waals surface area contributed by atoms with Crippen LogP contribution in [0.3, 0.4) is 0 Å². The van der Waals surface area contributed by atoms with Gasteiger partial charge in [-0.05, 0) is 13.0 Å². The molecule has 3 N–H and O–H groups in total. The van der Waals surface area contributed by atoms with Crippen molar-refractivity contribution in [3.05, 3.63) is 0 Å². The van der Waals surface area contributed by atoms with Crippen LogP contribution in [0.25, 0.3) is 0 Å². The van der Waals surface area contributed by atoms with Crippen LogP contribution in [0.2, 0.25) is 0 Å². The van der Waals surface area contributed by atoms with Gasteiger partial charge in [-0.25, -0.2) is 0 Å². The molecule has 2 rings (SSSR count). The lowest BCUT2D eigenvalue weighted by Crippen LogP contribution is -2.44. The average molecular weight is 258 g/mol. The van der Waals surface area contributed by atoms with E-state index in [0.29, 0.717) is 6.61 Å². The highest BCUT2D eigenvalue weighted by Gasteiger charge is 2.07. The maximum absolute atomic E-state index is 8.56. The number of hydrogen-bond donors (Lipinski definition) is 3. The fourth-order valence-corrected chi connectivity index (χ4v) is 2.33. The summed E-state index contributed by atoms with van der Waals surface area (Å²) < 4.78 is 0. The largest absolute Gasteiger partial charge is 0.395 e. The van der Waals surface area contributed by atoms with Gasteiger partial charge in [0.2, 0.25) is 0 Å². The third-order valence-electron chi connectivity index (χ3n) is 3.38. The van der Waals surface area contributed by atoms with Gasteiger partial charge in [0.1, 0.15) is 0 Å². The lowest BCUT2D eigenvalue weighted by Gasteiger charge is -2.26. The van der Waals surface area contributed by atoms with Gasteiger partial charge < -0.3 is 20.6 Å². The van der Waals surface area contributed by atoms with Crippen molar-refractivity contribution in [3.8, 4) is 0 Å². The molecule has 0 radical (unpaired) electrons. The minimum Gasteiger partial charge on any atom is -0.395 e. The Kier molecular flexibility index (Phi) is 9.42. The molecule has 0 atom stereocenters. The van der Waals surface area contributed by atoms with Crippen LogP contribution < -0.4 is 10.6 Å². The zero-order chi connectivity index (χ0) is 13.1. The smallest absolute Gasteiger partial charge is 0.0558 e. The summed E-state index contributed by atoms with van der Waals surface area (Å²) in [4.78, 5) is 4.77. The molecule has 0 aromatic heterocycles. The van der Waals surface area contributed by atoms with Crippen molar-refractivity contribution in [2.75, 3.05) is 72.1 Å². The summed E-state index contributed by atoms with van der Waals surface area (Å²) in [7, 11) is 0. The standard InChI is InChI=1S/C7H16N2.C6H14N2O/c1-2-5-9-6-3-8-4-7-9;9-6-5-8-3-1-7-2-4-8/h8H,2-7H2,1H3;7,9H,1-6H2. The minimum absolute atomic E-state index is 0.292. The second-order valence-corrected chi connectivity index (χ2v) is 4.91. The van der Waals surface area contributed by atoms with Gasteiger partial charge in [-0.3, -0.25) is 4.90 Å². The molecule has 0 saturated carbocycles. The van der Waals surface area contributed by atoms with E-state index >= 15 is 0 Å². The molecule has 0 aliphatic carbocycles. The normalized spacial score (nSPS) is 22.3. The summed E-state index contributed by atoms with van der Waals surface area (Å²) in [5, 5.41) is 15.1. The predicted octanol–water partition coefficient (Wildman–Crippen LogP) is -0.814. The zero-order valence-corrected chi connectivity index (χ0v) is 11.8. The van der Waals surface area contributed by atoms with E-state index in [4.69, 9.17) is 5.11 Å². The summed E-state index contributed by atoms with van der Waals surface area (Å²) >= 11 is 0. The fraction of sp³-hybridized carbons (Fsp3) is 1.00. The van der Waals surface area contributed by atoms with Crippen molar-refractivity contribution >= 4 is 0 Å². The Morgan fingerprint density at radius 1 is 0.833 bits per heavy atom. The highest BCUT2D eigenvalue weighted by molar-refractivity contribution is 4.66. The van der Waals surface area contributed by atoms with Gasteiger partial charge in [-0.2, -0.15) is 0 Å². The molecule has 0 amide bonds. The van der Waals surface area contributed by atoms with Gasteiger partial charge in [-0.15, -0.1) is 0 Å². The Labute approximate surface area is 112 Å². The zero-order valence-electron chi connectivity index (χ0n) is 11.8. The molecular weight excluding hydrogens is 228 g/mol. The number of nitrogens with zero attached hydrogens (tertiary/aromatic N) is 2. The molecule has 0 bridgehead atoms. The van der Waals surface area contributed by atoms with Crippen LogP contribution in [0.5, 0.6) is 0 Å². The van der Waals surface area contributed by atoms with Crippen molar-refractivity contribution in [2.45, 2.75) is 13.3 Å². The van der Waals surface area contributed by atoms with Crippen LogP contribution in [-0.2, 0) is 0 Å². The number of rotatable bonds is 4. The van der Waals surface area contributed by atoms with Crippen molar-refractivity contribution in [1.29, 1.82) is 0 Å². The molecule has 0 spiro atoms. The van der Waals surface area contributed by atoms with Gasteiger partial charge in [0.15, 0.2) is 0 Å². The van der Waals surface area contributed by atoms with E-state index in [1.54, 1.807) is 0 Å². The van der Waals surface area contributed by atoms with E-state index in [9.17, 15) is 0 Å². The Morgan fingerprint density at radius 3 is 1.67 bits per heavy atom. The van der Waals surface area contributed by atoms with Gasteiger partial charge in [0, 0.05) is 58.9 Å². The molecule has 18 heavy (non-hydrogen) atoms. The van der Waals surface area contributed by atoms with Crippen molar-refractivity contribution in [2.24, 2.45) is 0 Å². The maximum atomic E-state index is 8.56. The maximum Gasteiger partial charge on any atom is 0.0558 e.